The maximum atomic E-state index is 17.2. The Hall–Kier alpha value is -12.8. The molecule has 0 aromatic heterocycles. The van der Waals surface area contributed by atoms with Gasteiger partial charge in [0.1, 0.15) is 156 Å². The molecule has 0 aliphatic carbocycles. The summed E-state index contributed by atoms with van der Waals surface area (Å²) in [7, 11) is -11.6. The number of carboxylic acids is 1. The Morgan fingerprint density at radius 1 is 0.470 bits per heavy atom. The number of halogens is 2. The molecule has 7 aromatic carbocycles. The molecule has 0 unspecified atom stereocenters. The number of hydrogen-bond acceptors (Lipinski definition) is 36. The molecule has 16 rings (SSSR count). The highest BCUT2D eigenvalue weighted by molar-refractivity contribution is 7.70. The smallest absolute Gasteiger partial charge is 0.360 e. The van der Waals surface area contributed by atoms with E-state index in [9.17, 15) is 129 Å². The van der Waals surface area contributed by atoms with Crippen LogP contribution in [-0.4, -0.2) is 291 Å². The number of aliphatic hydroxyl groups is 10. The largest absolute Gasteiger partial charge is 0.508 e. The number of amides is 10. The molecule has 3 fully saturated rings. The first-order valence-electron chi connectivity index (χ1n) is 46.5. The summed E-state index contributed by atoms with van der Waals surface area (Å²) in [5, 5.41) is 195. The van der Waals surface area contributed by atoms with E-state index in [1.807, 2.05) is 0 Å². The molecule has 0 radical (unpaired) electrons. The van der Waals surface area contributed by atoms with E-state index in [2.05, 4.69) is 61.7 Å². The van der Waals surface area contributed by atoms with Crippen molar-refractivity contribution in [2.24, 2.45) is 5.92 Å². The van der Waals surface area contributed by atoms with Crippen LogP contribution in [0, 0.1) is 5.92 Å². The summed E-state index contributed by atoms with van der Waals surface area (Å²) in [4.78, 5) is 207. The number of ether oxygens (including phenoxy) is 9. The van der Waals surface area contributed by atoms with Gasteiger partial charge < -0.3 is 192 Å². The molecule has 9 aliphatic rings. The Morgan fingerprint density at radius 2 is 1.00 bits per heavy atom. The van der Waals surface area contributed by atoms with Crippen LogP contribution in [0.4, 0.5) is 0 Å². The number of fused-ring (bicyclic) bond motifs is 14. The summed E-state index contributed by atoms with van der Waals surface area (Å²) in [6.07, 6.45) is -28.4. The highest BCUT2D eigenvalue weighted by Crippen LogP contribution is 2.59. The number of phenols is 4. The van der Waals surface area contributed by atoms with E-state index in [1.54, 1.807) is 0 Å². The van der Waals surface area contributed by atoms with Crippen molar-refractivity contribution < 1.29 is 201 Å². The molecular formula is C94H108Cl2N10O41P2. The molecule has 29 N–H and O–H groups in total. The molecule has 804 valence electrons. The molecule has 51 nitrogen and oxygen atoms in total. The number of carboxylic acid groups (broad SMARTS) is 1. The van der Waals surface area contributed by atoms with Crippen molar-refractivity contribution >= 4 is 103 Å². The fourth-order valence-corrected chi connectivity index (χ4v) is 20.5. The molecule has 149 heavy (non-hydrogen) atoms. The van der Waals surface area contributed by atoms with Crippen molar-refractivity contribution in [3.8, 4) is 80.1 Å². The lowest BCUT2D eigenvalue weighted by molar-refractivity contribution is -0.284. The number of carbonyl (C=O) groups is 11. The zero-order valence-electron chi connectivity index (χ0n) is 78.7. The predicted molar refractivity (Wildman–Crippen MR) is 507 cm³/mol. The number of hydrogen-bond donors (Lipinski definition) is 29. The van der Waals surface area contributed by atoms with Gasteiger partial charge in [0, 0.05) is 61.4 Å². The molecule has 9 aliphatic heterocycles. The normalized spacial score (nSPS) is 27.1. The Bertz CT molecular complexity index is 6340. The quantitative estimate of drug-likeness (QED) is 0.0240. The van der Waals surface area contributed by atoms with Gasteiger partial charge in [-0.1, -0.05) is 93.4 Å². The van der Waals surface area contributed by atoms with E-state index in [1.165, 1.54) is 11.4 Å². The van der Waals surface area contributed by atoms with Gasteiger partial charge in [0.15, 0.2) is 35.3 Å². The van der Waals surface area contributed by atoms with Crippen LogP contribution in [0.3, 0.4) is 0 Å². The lowest BCUT2D eigenvalue weighted by Crippen LogP contribution is -2.65. The van der Waals surface area contributed by atoms with Crippen LogP contribution in [0.25, 0.3) is 11.1 Å². The number of carbonyl (C=O) groups excluding carboxylic acids is 10. The topological polar surface area (TPSA) is 810 Å². The number of phenolic OH excluding ortho intramolecular Hbond substituents is 4. The fraction of sp³-hybridized carbons (Fsp3) is 0.436. The number of unbranched alkanes of at least 4 members (excludes halogenated alkanes) is 4. The number of aliphatic hydroxyl groups excluding tert-OH is 10. The highest BCUT2D eigenvalue weighted by Gasteiger charge is 2.53. The average molecular weight is 2170 g/mol. The third kappa shape index (κ3) is 25.9. The Morgan fingerprint density at radius 3 is 1.61 bits per heavy atom. The van der Waals surface area contributed by atoms with Crippen LogP contribution in [0.15, 0.2) is 115 Å². The van der Waals surface area contributed by atoms with Crippen LogP contribution < -0.4 is 76.9 Å². The second-order valence-corrected chi connectivity index (χ2v) is 41.3. The van der Waals surface area contributed by atoms with Gasteiger partial charge in [-0.2, -0.15) is 0 Å². The van der Waals surface area contributed by atoms with E-state index in [4.69, 9.17) is 65.8 Å². The van der Waals surface area contributed by atoms with Crippen LogP contribution in [0.2, 0.25) is 10.0 Å². The monoisotopic (exact) mass is 2160 g/mol. The Kier molecular flexibility index (Phi) is 35.4. The average Bonchev–Trinajstić information content (AvgIpc) is 0.741. The maximum Gasteiger partial charge on any atom is 0.360 e. The molecule has 0 saturated carbocycles. The lowest BCUT2D eigenvalue weighted by Gasteiger charge is -2.44. The molecule has 7 aromatic rings. The first-order valence-corrected chi connectivity index (χ1v) is 50.6. The van der Waals surface area contributed by atoms with E-state index >= 15 is 28.8 Å². The van der Waals surface area contributed by atoms with Crippen LogP contribution in [0.1, 0.15) is 154 Å². The zero-order valence-corrected chi connectivity index (χ0v) is 82.0. The summed E-state index contributed by atoms with van der Waals surface area (Å²) in [6.45, 7) is 1.80. The van der Waals surface area contributed by atoms with Crippen molar-refractivity contribution in [3.63, 3.8) is 0 Å². The zero-order chi connectivity index (χ0) is 108. The van der Waals surface area contributed by atoms with Gasteiger partial charge in [0.2, 0.25) is 82.9 Å². The van der Waals surface area contributed by atoms with Crippen molar-refractivity contribution in [2.75, 3.05) is 19.8 Å². The first kappa shape index (κ1) is 112. The van der Waals surface area contributed by atoms with E-state index in [0.29, 0.717) is 24.8 Å². The number of rotatable bonds is 27. The maximum absolute atomic E-state index is 17.2. The molecule has 23 atom stereocenters. The third-order valence-corrected chi connectivity index (χ3v) is 29.3. The second kappa shape index (κ2) is 47.2. The fourth-order valence-electron chi connectivity index (χ4n) is 17.8. The van der Waals surface area contributed by atoms with E-state index in [0.717, 1.165) is 136 Å². The van der Waals surface area contributed by atoms with Crippen molar-refractivity contribution in [1.82, 2.24) is 53.2 Å². The molecule has 17 bridgehead atoms. The van der Waals surface area contributed by atoms with Gasteiger partial charge in [-0.3, -0.25) is 57.1 Å². The molecule has 10 amide bonds. The molecule has 9 heterocycles. The molecule has 0 spiro atoms. The van der Waals surface area contributed by atoms with E-state index < -0.39 is 383 Å². The standard InChI is InChI=1S/C94H108Cl2N10O41P2/c1-36(2)9-7-5-4-6-8-10-63(115)100-73-79(122)76(119)61(34-108)144-92(73)147-83-58-28-43-29-59(83)141-55-18-14-41(26-50(55)96)82(146-91-72(97-37(3)110)78(121)75(118)60(33-107)143-91)74-89(130)105-71(90(131)132)48-31-45(112)32-57(142-93-81(124)80(123)77(120)62(35-109)145-93)66(48)47-25-39(12-15-52(47)113)68(86(127)106-74)103-88(129)70(43)104-87(128)69-42-23-44(111)30-46(24-42)139-56-27-40(13-16-53(56)114)67(99-64(116)19-20-65(117)101-94(148(133,134)135)149(136,137)138)85(126)98-51(84(125)102-69)22-38-11-17-54(140-58)49(95)21-38/h11-18,21,23-32,36,51,60-62,67-82,91-94,107-109,111-114,118-124H,4-10,19-20,22,33-35H2,1-3H3,(H,97,110)(H,98,126)(H,99,116)(H,100,115)(H,101,117)(H,102,125)(H,103,129)(H,104,128)(H,105,130)(H,106,127)(H,131,132)(H2,133,134,135)(H2,136,137,138)/t51-,60-,61-,62-,67-,68-,69+,70-,71-,72-,73-,74+,75-,76-,77-,78-,79-,80+,81+,82-,91+,92+,93+/m1/s1. The lowest BCUT2D eigenvalue weighted by atomic mass is 9.89. The number of aromatic hydroxyl groups is 4. The first-order chi connectivity index (χ1) is 70.5. The number of nitrogens with one attached hydrogen (secondary N) is 10. The van der Waals surface area contributed by atoms with Crippen molar-refractivity contribution in [3.05, 3.63) is 164 Å². The predicted octanol–water partition coefficient (Wildman–Crippen LogP) is 0.103. The van der Waals surface area contributed by atoms with Crippen LogP contribution in [0.5, 0.6) is 69.0 Å². The SMILES string of the molecule is CC(=O)N[C@H]1[C@H](O[C@@H]2c3ccc(c(Cl)c3)Oc3cc4cc(c3O[C@@H]3O[C@H](CO)[C@@H](O)[C@H](O)[C@H]3NC(=O)CCCCCCCC(C)C)Oc3ccc(cc3Cl)C[C@H]3NC(=O)[C@H](NC(=O)CCC(=O)NC(P(=O)(O)O)P(=O)(O)O)c5ccc(O)c(c5)Oc5cc(O)cc(c5)[C@H](NC3=O)C(=O)N[C@H]4C(=O)N[C@H]3C(=O)N[C@@H]2C(=O)N[C@@H](C(=O)O)c2cc(O)cc(O[C@H]4O[C@H](CO)[C@@H](O)[C@H](O)[C@@H]4O)c2-c2cc3ccc2O)O[C@H](CO)[C@@H](O)[C@@H]1O. The minimum atomic E-state index is -5.81. The minimum Gasteiger partial charge on any atom is -0.508 e. The summed E-state index contributed by atoms with van der Waals surface area (Å²) >= 11 is 14.8. The van der Waals surface area contributed by atoms with Gasteiger partial charge >= 0.3 is 21.2 Å². The van der Waals surface area contributed by atoms with Crippen LogP contribution in [-0.2, 0) is 87.2 Å². The van der Waals surface area contributed by atoms with Crippen LogP contribution >= 0.6 is 38.4 Å². The molecule has 3 saturated heterocycles. The van der Waals surface area contributed by atoms with Gasteiger partial charge in [-0.05, 0) is 125 Å². The van der Waals surface area contributed by atoms with Crippen molar-refractivity contribution in [2.45, 2.75) is 231 Å². The number of benzene rings is 7. The summed E-state index contributed by atoms with van der Waals surface area (Å²) in [5.41, 5.74) is -7.95. The van der Waals surface area contributed by atoms with Gasteiger partial charge in [0.05, 0.1) is 29.9 Å². The molecular weight excluding hydrogens is 2060 g/mol. The van der Waals surface area contributed by atoms with Gasteiger partial charge in [-0.15, -0.1) is 0 Å². The Balaban J connectivity index is 1.01. The van der Waals surface area contributed by atoms with E-state index in [-0.39, 0.29) is 17.5 Å². The highest BCUT2D eigenvalue weighted by atomic mass is 35.5. The summed E-state index contributed by atoms with van der Waals surface area (Å²) in [6, 6.07) is -2.73. The third-order valence-electron chi connectivity index (χ3n) is 25.4. The molecule has 55 heteroatoms. The van der Waals surface area contributed by atoms with Gasteiger partial charge in [0.25, 0.3) is 0 Å². The van der Waals surface area contributed by atoms with Gasteiger partial charge in [-0.25, -0.2) is 4.79 Å². The second-order valence-electron chi connectivity index (χ2n) is 36.7. The minimum absolute atomic E-state index is 0.0249. The number of aliphatic carboxylic acids is 1. The summed E-state index contributed by atoms with van der Waals surface area (Å²) < 4.78 is 81.8. The van der Waals surface area contributed by atoms with Crippen molar-refractivity contribution in [1.29, 1.82) is 0 Å². The summed E-state index contributed by atoms with van der Waals surface area (Å²) in [5.74, 6) is -24.4. The Labute approximate surface area is 854 Å².